The van der Waals surface area contributed by atoms with Crippen LogP contribution in [0.4, 0.5) is 10.2 Å². The highest BCUT2D eigenvalue weighted by molar-refractivity contribution is 6.00. The van der Waals surface area contributed by atoms with Crippen molar-refractivity contribution in [3.63, 3.8) is 0 Å². The van der Waals surface area contributed by atoms with E-state index in [1.165, 1.54) is 6.20 Å². The molecule has 0 radical (unpaired) electrons. The van der Waals surface area contributed by atoms with E-state index in [1.54, 1.807) is 23.1 Å². The molecule has 0 aromatic carbocycles. The fourth-order valence-electron chi connectivity index (χ4n) is 3.85. The highest BCUT2D eigenvalue weighted by Crippen LogP contribution is 2.36. The number of anilines is 1. The zero-order valence-corrected chi connectivity index (χ0v) is 16.1. The Kier molecular flexibility index (Phi) is 4.24. The summed E-state index contributed by atoms with van der Waals surface area (Å²) in [5.41, 5.74) is 4.08. The summed E-state index contributed by atoms with van der Waals surface area (Å²) in [7, 11) is 1.84. The number of hydrogen-bond acceptors (Lipinski definition) is 6. The molecule has 0 spiro atoms. The average molecular weight is 393 g/mol. The second-order valence-corrected chi connectivity index (χ2v) is 7.14. The lowest BCUT2D eigenvalue weighted by atomic mass is 10.0. The second kappa shape index (κ2) is 6.93. The smallest absolute Gasteiger partial charge is 0.149 e. The van der Waals surface area contributed by atoms with Gasteiger partial charge in [-0.1, -0.05) is 0 Å². The number of rotatable bonds is 3. The SMILES string of the molecule is CC1COCCN1c1cc(-c2ccncc2F)c2c(n1)c(-c1ccn[nH]1)nn2C. The van der Waals surface area contributed by atoms with Gasteiger partial charge in [0.2, 0.25) is 0 Å². The molecule has 0 bridgehead atoms. The molecule has 5 heterocycles. The highest BCUT2D eigenvalue weighted by atomic mass is 19.1. The quantitative estimate of drug-likeness (QED) is 0.576. The lowest BCUT2D eigenvalue weighted by Gasteiger charge is -2.34. The lowest BCUT2D eigenvalue weighted by Crippen LogP contribution is -2.44. The number of aromatic amines is 1. The minimum Gasteiger partial charge on any atom is -0.377 e. The fourth-order valence-corrected chi connectivity index (χ4v) is 3.85. The topological polar surface area (TPSA) is 84.8 Å². The molecule has 1 fully saturated rings. The predicted molar refractivity (Wildman–Crippen MR) is 107 cm³/mol. The van der Waals surface area contributed by atoms with Crippen LogP contribution in [0.3, 0.4) is 0 Å². The molecule has 1 atom stereocenters. The van der Waals surface area contributed by atoms with Crippen molar-refractivity contribution in [1.29, 1.82) is 0 Å². The van der Waals surface area contributed by atoms with Gasteiger partial charge in [-0.2, -0.15) is 10.2 Å². The molecule has 1 saturated heterocycles. The van der Waals surface area contributed by atoms with Crippen molar-refractivity contribution in [3.8, 4) is 22.5 Å². The fraction of sp³-hybridized carbons (Fsp3) is 0.300. The maximum Gasteiger partial charge on any atom is 0.149 e. The summed E-state index contributed by atoms with van der Waals surface area (Å²) in [5.74, 6) is 0.388. The second-order valence-electron chi connectivity index (χ2n) is 7.14. The molecule has 1 unspecified atom stereocenters. The summed E-state index contributed by atoms with van der Waals surface area (Å²) in [6.07, 6.45) is 4.49. The van der Waals surface area contributed by atoms with Gasteiger partial charge in [0.25, 0.3) is 0 Å². The third-order valence-electron chi connectivity index (χ3n) is 5.26. The van der Waals surface area contributed by atoms with Crippen LogP contribution >= 0.6 is 0 Å². The molecule has 1 N–H and O–H groups in total. The zero-order valence-electron chi connectivity index (χ0n) is 16.1. The third-order valence-corrected chi connectivity index (χ3v) is 5.26. The molecule has 4 aromatic rings. The Labute approximate surface area is 166 Å². The zero-order chi connectivity index (χ0) is 20.0. The molecule has 29 heavy (non-hydrogen) atoms. The number of hydrogen-bond donors (Lipinski definition) is 1. The summed E-state index contributed by atoms with van der Waals surface area (Å²) < 4.78 is 22.0. The van der Waals surface area contributed by atoms with Crippen molar-refractivity contribution < 1.29 is 9.13 Å². The molecule has 0 saturated carbocycles. The lowest BCUT2D eigenvalue weighted by molar-refractivity contribution is 0.0986. The van der Waals surface area contributed by atoms with Gasteiger partial charge in [0.15, 0.2) is 0 Å². The Bertz CT molecular complexity index is 1170. The van der Waals surface area contributed by atoms with E-state index < -0.39 is 0 Å². The monoisotopic (exact) mass is 393 g/mol. The Morgan fingerprint density at radius 3 is 2.90 bits per heavy atom. The first-order chi connectivity index (χ1) is 14.1. The van der Waals surface area contributed by atoms with Gasteiger partial charge >= 0.3 is 0 Å². The molecule has 148 valence electrons. The van der Waals surface area contributed by atoms with Crippen LogP contribution < -0.4 is 4.90 Å². The van der Waals surface area contributed by atoms with E-state index in [2.05, 4.69) is 32.1 Å². The van der Waals surface area contributed by atoms with Crippen molar-refractivity contribution in [2.24, 2.45) is 7.05 Å². The Morgan fingerprint density at radius 2 is 2.14 bits per heavy atom. The van der Waals surface area contributed by atoms with Crippen LogP contribution in [0, 0.1) is 5.82 Å². The van der Waals surface area contributed by atoms with Gasteiger partial charge in [0, 0.05) is 37.1 Å². The first-order valence-corrected chi connectivity index (χ1v) is 9.45. The van der Waals surface area contributed by atoms with Gasteiger partial charge < -0.3 is 9.64 Å². The Morgan fingerprint density at radius 1 is 1.24 bits per heavy atom. The van der Waals surface area contributed by atoms with Crippen molar-refractivity contribution in [1.82, 2.24) is 29.9 Å². The largest absolute Gasteiger partial charge is 0.377 e. The van der Waals surface area contributed by atoms with Crippen LogP contribution in [0.5, 0.6) is 0 Å². The van der Waals surface area contributed by atoms with Crippen LogP contribution in [0.15, 0.2) is 36.8 Å². The minimum absolute atomic E-state index is 0.163. The van der Waals surface area contributed by atoms with Gasteiger partial charge in [0.1, 0.15) is 22.8 Å². The van der Waals surface area contributed by atoms with Gasteiger partial charge in [-0.05, 0) is 25.1 Å². The van der Waals surface area contributed by atoms with Crippen molar-refractivity contribution in [2.45, 2.75) is 13.0 Å². The van der Waals surface area contributed by atoms with Gasteiger partial charge in [-0.3, -0.25) is 14.8 Å². The number of H-pyrrole nitrogens is 1. The number of aromatic nitrogens is 6. The Balaban J connectivity index is 1.81. The molecule has 4 aromatic heterocycles. The maximum absolute atomic E-state index is 14.7. The van der Waals surface area contributed by atoms with Crippen LogP contribution in [-0.4, -0.2) is 55.7 Å². The predicted octanol–water partition coefficient (Wildman–Crippen LogP) is 2.78. The van der Waals surface area contributed by atoms with E-state index in [0.29, 0.717) is 30.0 Å². The molecule has 0 aliphatic carbocycles. The summed E-state index contributed by atoms with van der Waals surface area (Å²) >= 11 is 0. The van der Waals surface area contributed by atoms with E-state index >= 15 is 0 Å². The number of fused-ring (bicyclic) bond motifs is 1. The number of ether oxygens (including phenoxy) is 1. The van der Waals surface area contributed by atoms with Crippen LogP contribution in [-0.2, 0) is 11.8 Å². The standard InChI is InChI=1S/C20H20FN7O/c1-12-11-29-8-7-28(12)17-9-14(13-3-5-22-10-15(13)21)20-19(24-17)18(26-27(20)2)16-4-6-23-25-16/h3-6,9-10,12H,7-8,11H2,1-2H3,(H,23,25). The molecule has 8 nitrogen and oxygen atoms in total. The average Bonchev–Trinajstić information content (AvgIpc) is 3.36. The van der Waals surface area contributed by atoms with Gasteiger partial charge in [0.05, 0.1) is 36.7 Å². The van der Waals surface area contributed by atoms with Crippen LogP contribution in [0.2, 0.25) is 0 Å². The minimum atomic E-state index is -0.384. The van der Waals surface area contributed by atoms with Crippen molar-refractivity contribution >= 4 is 16.9 Å². The van der Waals surface area contributed by atoms with E-state index in [0.717, 1.165) is 29.1 Å². The molecule has 1 aliphatic rings. The molecule has 9 heteroatoms. The number of halogens is 1. The number of aryl methyl sites for hydroxylation is 1. The summed E-state index contributed by atoms with van der Waals surface area (Å²) in [4.78, 5) is 11.0. The first-order valence-electron chi connectivity index (χ1n) is 9.45. The van der Waals surface area contributed by atoms with E-state index in [9.17, 15) is 4.39 Å². The van der Waals surface area contributed by atoms with E-state index in [-0.39, 0.29) is 11.9 Å². The van der Waals surface area contributed by atoms with Crippen LogP contribution in [0.1, 0.15) is 6.92 Å². The molecular weight excluding hydrogens is 373 g/mol. The molecule has 1 aliphatic heterocycles. The highest BCUT2D eigenvalue weighted by Gasteiger charge is 2.25. The van der Waals surface area contributed by atoms with Crippen molar-refractivity contribution in [3.05, 3.63) is 42.6 Å². The first kappa shape index (κ1) is 17.7. The van der Waals surface area contributed by atoms with Gasteiger partial charge in [-0.15, -0.1) is 0 Å². The molecular formula is C20H20FN7O. The maximum atomic E-state index is 14.7. The Hall–Kier alpha value is -3.33. The summed E-state index contributed by atoms with van der Waals surface area (Å²) in [6.45, 7) is 4.07. The van der Waals surface area contributed by atoms with E-state index in [4.69, 9.17) is 9.72 Å². The normalized spacial score (nSPS) is 17.2. The van der Waals surface area contributed by atoms with E-state index in [1.807, 2.05) is 19.2 Å². The van der Waals surface area contributed by atoms with Crippen molar-refractivity contribution in [2.75, 3.05) is 24.7 Å². The molecule has 0 amide bonds. The number of nitrogens with zero attached hydrogens (tertiary/aromatic N) is 6. The summed E-state index contributed by atoms with van der Waals surface area (Å²) in [6, 6.07) is 5.62. The number of pyridine rings is 2. The molecule has 5 rings (SSSR count). The van der Waals surface area contributed by atoms with Crippen LogP contribution in [0.25, 0.3) is 33.5 Å². The summed E-state index contributed by atoms with van der Waals surface area (Å²) in [5, 5.41) is 11.6. The third kappa shape index (κ3) is 2.94. The number of nitrogens with one attached hydrogen (secondary N) is 1. The number of morpholine rings is 1. The van der Waals surface area contributed by atoms with Gasteiger partial charge in [-0.25, -0.2) is 9.37 Å².